The molecule has 0 bridgehead atoms. The van der Waals surface area contributed by atoms with Crippen LogP contribution in [0.2, 0.25) is 0 Å². The molecule has 1 aliphatic carbocycles. The zero-order valence-corrected chi connectivity index (χ0v) is 8.75. The second kappa shape index (κ2) is 3.98. The second-order valence-corrected chi connectivity index (χ2v) is 3.69. The standard InChI is InChI=1S/C12H7F5/c1-5-3-2-4-6(5)7-8(13)10(15)12(17)11(16)9(7)14/h3-4H,2H2,1H3. The summed E-state index contributed by atoms with van der Waals surface area (Å²) in [6, 6.07) is 0. The van der Waals surface area contributed by atoms with Gasteiger partial charge in [0.05, 0.1) is 5.56 Å². The maximum atomic E-state index is 13.4. The maximum absolute atomic E-state index is 13.4. The van der Waals surface area contributed by atoms with Crippen molar-refractivity contribution in [2.24, 2.45) is 0 Å². The Hall–Kier alpha value is -1.65. The van der Waals surface area contributed by atoms with Gasteiger partial charge in [0.1, 0.15) is 0 Å². The topological polar surface area (TPSA) is 0 Å². The summed E-state index contributed by atoms with van der Waals surface area (Å²) in [5, 5.41) is 0. The van der Waals surface area contributed by atoms with Crippen LogP contribution in [0.4, 0.5) is 22.0 Å². The molecular formula is C12H7F5. The smallest absolute Gasteiger partial charge is 0.200 e. The van der Waals surface area contributed by atoms with E-state index in [1.807, 2.05) is 0 Å². The minimum Gasteiger partial charge on any atom is -0.203 e. The highest BCUT2D eigenvalue weighted by Crippen LogP contribution is 2.34. The molecule has 0 saturated carbocycles. The van der Waals surface area contributed by atoms with Gasteiger partial charge >= 0.3 is 0 Å². The van der Waals surface area contributed by atoms with Gasteiger partial charge < -0.3 is 0 Å². The SMILES string of the molecule is CC1=CCC=C1c1c(F)c(F)c(F)c(F)c1F. The molecule has 0 fully saturated rings. The van der Waals surface area contributed by atoms with Crippen LogP contribution in [0, 0.1) is 29.1 Å². The molecule has 0 aromatic heterocycles. The molecule has 0 nitrogen and oxygen atoms in total. The first-order valence-electron chi connectivity index (χ1n) is 4.84. The zero-order valence-electron chi connectivity index (χ0n) is 8.75. The molecule has 90 valence electrons. The molecule has 0 unspecified atom stereocenters. The third kappa shape index (κ3) is 1.66. The highest BCUT2D eigenvalue weighted by molar-refractivity contribution is 5.81. The van der Waals surface area contributed by atoms with Crippen LogP contribution in [-0.4, -0.2) is 0 Å². The molecule has 0 atom stereocenters. The molecule has 0 saturated heterocycles. The molecule has 0 amide bonds. The Morgan fingerprint density at radius 3 is 1.65 bits per heavy atom. The predicted molar refractivity (Wildman–Crippen MR) is 52.6 cm³/mol. The van der Waals surface area contributed by atoms with E-state index in [0.717, 1.165) is 0 Å². The molecule has 5 heteroatoms. The Labute approximate surface area is 94.1 Å². The van der Waals surface area contributed by atoms with Crippen molar-refractivity contribution in [3.8, 4) is 0 Å². The molecule has 2 rings (SSSR count). The molecule has 1 aliphatic rings. The fraction of sp³-hybridized carbons (Fsp3) is 0.167. The molecule has 17 heavy (non-hydrogen) atoms. The average molecular weight is 246 g/mol. The monoisotopic (exact) mass is 246 g/mol. The van der Waals surface area contributed by atoms with Crippen molar-refractivity contribution in [1.82, 2.24) is 0 Å². The number of benzene rings is 1. The van der Waals surface area contributed by atoms with Gasteiger partial charge in [-0.3, -0.25) is 0 Å². The lowest BCUT2D eigenvalue weighted by atomic mass is 10.00. The van der Waals surface area contributed by atoms with Crippen molar-refractivity contribution in [3.05, 3.63) is 52.4 Å². The van der Waals surface area contributed by atoms with Gasteiger partial charge in [-0.15, -0.1) is 0 Å². The first-order valence-corrected chi connectivity index (χ1v) is 4.84. The maximum Gasteiger partial charge on any atom is 0.200 e. The molecule has 1 aromatic carbocycles. The number of halogens is 5. The van der Waals surface area contributed by atoms with Gasteiger partial charge in [0.2, 0.25) is 5.82 Å². The van der Waals surface area contributed by atoms with E-state index in [1.165, 1.54) is 6.08 Å². The number of hydrogen-bond acceptors (Lipinski definition) is 0. The number of hydrogen-bond donors (Lipinski definition) is 0. The van der Waals surface area contributed by atoms with E-state index in [0.29, 0.717) is 12.0 Å². The third-order valence-corrected chi connectivity index (χ3v) is 2.65. The van der Waals surface area contributed by atoms with Crippen LogP contribution in [0.1, 0.15) is 18.9 Å². The Balaban J connectivity index is 2.75. The van der Waals surface area contributed by atoms with E-state index >= 15 is 0 Å². The molecule has 0 aliphatic heterocycles. The van der Waals surface area contributed by atoms with Crippen LogP contribution in [0.5, 0.6) is 0 Å². The highest BCUT2D eigenvalue weighted by atomic mass is 19.2. The van der Waals surface area contributed by atoms with Crippen molar-refractivity contribution < 1.29 is 22.0 Å². The van der Waals surface area contributed by atoms with E-state index in [-0.39, 0.29) is 5.57 Å². The van der Waals surface area contributed by atoms with Crippen LogP contribution in [0.15, 0.2) is 17.7 Å². The van der Waals surface area contributed by atoms with Gasteiger partial charge in [0.15, 0.2) is 23.3 Å². The van der Waals surface area contributed by atoms with Gasteiger partial charge in [-0.25, -0.2) is 22.0 Å². The van der Waals surface area contributed by atoms with Gasteiger partial charge in [-0.1, -0.05) is 12.2 Å². The van der Waals surface area contributed by atoms with Crippen molar-refractivity contribution in [1.29, 1.82) is 0 Å². The number of rotatable bonds is 1. The minimum atomic E-state index is -2.14. The predicted octanol–water partition coefficient (Wildman–Crippen LogP) is 4.12. The molecule has 0 heterocycles. The molecule has 0 spiro atoms. The summed E-state index contributed by atoms with van der Waals surface area (Å²) in [4.78, 5) is 0. The fourth-order valence-electron chi connectivity index (χ4n) is 1.77. The minimum absolute atomic E-state index is 0.0535. The Bertz CT molecular complexity index is 525. The molecule has 1 aromatic rings. The van der Waals surface area contributed by atoms with E-state index in [4.69, 9.17) is 0 Å². The summed E-state index contributed by atoms with van der Waals surface area (Å²) in [6.45, 7) is 1.55. The lowest BCUT2D eigenvalue weighted by molar-refractivity contribution is 0.376. The number of allylic oxidation sites excluding steroid dienone is 4. The van der Waals surface area contributed by atoms with Gasteiger partial charge in [0.25, 0.3) is 0 Å². The highest BCUT2D eigenvalue weighted by Gasteiger charge is 2.28. The van der Waals surface area contributed by atoms with Crippen LogP contribution < -0.4 is 0 Å². The first-order chi connectivity index (χ1) is 7.95. The summed E-state index contributed by atoms with van der Waals surface area (Å²) in [5.74, 6) is -9.55. The summed E-state index contributed by atoms with van der Waals surface area (Å²) in [5.41, 5.74) is -0.307. The Kier molecular flexibility index (Phi) is 2.77. The second-order valence-electron chi connectivity index (χ2n) is 3.69. The van der Waals surface area contributed by atoms with Crippen molar-refractivity contribution in [2.45, 2.75) is 13.3 Å². The summed E-state index contributed by atoms with van der Waals surface area (Å²) < 4.78 is 65.6. The van der Waals surface area contributed by atoms with E-state index < -0.39 is 34.6 Å². The molecular weight excluding hydrogens is 239 g/mol. The van der Waals surface area contributed by atoms with E-state index in [9.17, 15) is 22.0 Å². The van der Waals surface area contributed by atoms with Crippen LogP contribution in [0.3, 0.4) is 0 Å². The Morgan fingerprint density at radius 1 is 0.765 bits per heavy atom. The summed E-state index contributed by atoms with van der Waals surface area (Å²) in [7, 11) is 0. The molecule has 0 N–H and O–H groups in total. The molecule has 0 radical (unpaired) electrons. The van der Waals surface area contributed by atoms with Crippen LogP contribution in [-0.2, 0) is 0 Å². The zero-order chi connectivity index (χ0) is 12.7. The lowest BCUT2D eigenvalue weighted by Crippen LogP contribution is -2.06. The van der Waals surface area contributed by atoms with E-state index in [2.05, 4.69) is 0 Å². The summed E-state index contributed by atoms with van der Waals surface area (Å²) in [6.07, 6.45) is 3.49. The Morgan fingerprint density at radius 2 is 1.24 bits per heavy atom. The normalized spacial score (nSPS) is 14.9. The van der Waals surface area contributed by atoms with E-state index in [1.54, 1.807) is 13.0 Å². The van der Waals surface area contributed by atoms with Crippen LogP contribution >= 0.6 is 0 Å². The third-order valence-electron chi connectivity index (χ3n) is 2.65. The largest absolute Gasteiger partial charge is 0.203 e. The fourth-order valence-corrected chi connectivity index (χ4v) is 1.77. The average Bonchev–Trinajstić information content (AvgIpc) is 2.71. The van der Waals surface area contributed by atoms with Crippen molar-refractivity contribution >= 4 is 5.57 Å². The van der Waals surface area contributed by atoms with Gasteiger partial charge in [0, 0.05) is 0 Å². The van der Waals surface area contributed by atoms with Crippen LogP contribution in [0.25, 0.3) is 5.57 Å². The quantitative estimate of drug-likeness (QED) is 0.397. The van der Waals surface area contributed by atoms with Crippen molar-refractivity contribution in [2.75, 3.05) is 0 Å². The van der Waals surface area contributed by atoms with Gasteiger partial charge in [-0.2, -0.15) is 0 Å². The van der Waals surface area contributed by atoms with Crippen molar-refractivity contribution in [3.63, 3.8) is 0 Å². The lowest BCUT2D eigenvalue weighted by Gasteiger charge is -2.10. The first kappa shape index (κ1) is 11.8. The van der Waals surface area contributed by atoms with Gasteiger partial charge in [-0.05, 0) is 24.5 Å². The summed E-state index contributed by atoms with van der Waals surface area (Å²) >= 11 is 0.